The Balaban J connectivity index is 0.00000138. The Morgan fingerprint density at radius 1 is 1.16 bits per heavy atom. The standard InChI is InChI=1S/C35H55N3O9.C2H4O2/c1-10-12-13-38(9)24-14-19(3)44-27(15-24)46-31-21(5)29(39)22(6)33(40)45-26(11-2)35(8,47-41)30-20(4)28(23-16-34(31,7)43-17-23)37-32-25(36-30)18-42-32;1-2(3)4/h1,19-27,30-32,36,41H,11-18H2,2-9H3;1H3,(H,3,4)/t19-,20+,21+,22-,23+,24+,25?,26-,27+,30-,31-,32?,34-,35-;/m1./s1. The van der Waals surface area contributed by atoms with Gasteiger partial charge in [-0.05, 0) is 54.0 Å². The second kappa shape index (κ2) is 17.1. The van der Waals surface area contributed by atoms with E-state index in [1.807, 2.05) is 27.7 Å². The van der Waals surface area contributed by atoms with Crippen molar-refractivity contribution in [1.29, 1.82) is 0 Å². The van der Waals surface area contributed by atoms with Gasteiger partial charge in [-0.15, -0.1) is 12.3 Å². The summed E-state index contributed by atoms with van der Waals surface area (Å²) in [6, 6.07) is -0.397. The van der Waals surface area contributed by atoms with Crippen molar-refractivity contribution in [3.63, 3.8) is 0 Å². The quantitative estimate of drug-likeness (QED) is 0.115. The Hall–Kier alpha value is -2.48. The van der Waals surface area contributed by atoms with Crippen molar-refractivity contribution in [2.75, 3.05) is 26.8 Å². The zero-order valence-electron chi connectivity index (χ0n) is 31.6. The van der Waals surface area contributed by atoms with E-state index >= 15 is 0 Å². The molecule has 2 unspecified atom stereocenters. The van der Waals surface area contributed by atoms with E-state index < -0.39 is 65.7 Å². The average Bonchev–Trinajstić information content (AvgIpc) is 3.43. The lowest BCUT2D eigenvalue weighted by molar-refractivity contribution is -0.350. The summed E-state index contributed by atoms with van der Waals surface area (Å²) in [7, 11) is 2.06. The zero-order chi connectivity index (χ0) is 37.8. The molecule has 4 saturated heterocycles. The molecule has 0 aromatic carbocycles. The van der Waals surface area contributed by atoms with Crippen molar-refractivity contribution < 1.29 is 53.3 Å². The number of nitrogens with one attached hydrogen (secondary N) is 1. The Kier molecular flexibility index (Phi) is 13.9. The molecule has 0 radical (unpaired) electrons. The van der Waals surface area contributed by atoms with Crippen LogP contribution in [0.4, 0.5) is 0 Å². The van der Waals surface area contributed by atoms with E-state index in [0.29, 0.717) is 38.9 Å². The second-order valence-corrected chi connectivity index (χ2v) is 15.4. The van der Waals surface area contributed by atoms with Crippen molar-refractivity contribution in [3.8, 4) is 12.3 Å². The van der Waals surface area contributed by atoms with E-state index in [9.17, 15) is 14.8 Å². The van der Waals surface area contributed by atoms with Crippen LogP contribution in [0.15, 0.2) is 4.99 Å². The summed E-state index contributed by atoms with van der Waals surface area (Å²) in [6.45, 7) is 15.7. The molecule has 288 valence electrons. The summed E-state index contributed by atoms with van der Waals surface area (Å²) in [5.74, 6) is -1.29. The molecular formula is C37H59N3O11. The van der Waals surface area contributed by atoms with E-state index in [0.717, 1.165) is 25.6 Å². The average molecular weight is 722 g/mol. The molecule has 3 N–H and O–H groups in total. The summed E-state index contributed by atoms with van der Waals surface area (Å²) >= 11 is 0. The van der Waals surface area contributed by atoms with Gasteiger partial charge in [0, 0.05) is 55.8 Å². The smallest absolute Gasteiger partial charge is 0.316 e. The third-order valence-corrected chi connectivity index (χ3v) is 11.5. The van der Waals surface area contributed by atoms with Gasteiger partial charge >= 0.3 is 5.97 Å². The molecule has 5 heterocycles. The number of carbonyl (C=O) groups is 3. The SMILES string of the molecule is C#CCCN(C)[C@@H]1C[C@H](O[C@@H]2[C@@H](C)C(=O)[C@@H](C)C(=O)O[C@H](CC)[C@@](C)(OO)[C@@H]3NC4COC4N=C([C@@H]4CO[C@]2(C)C4)[C@@H]3C)O[C@H](C)C1.CC(=O)O. The van der Waals surface area contributed by atoms with Crippen molar-refractivity contribution in [2.45, 2.75) is 148 Å². The summed E-state index contributed by atoms with van der Waals surface area (Å²) in [5.41, 5.74) is -1.37. The van der Waals surface area contributed by atoms with Crippen LogP contribution in [0.25, 0.3) is 0 Å². The summed E-state index contributed by atoms with van der Waals surface area (Å²) in [6.07, 6.45) is 5.89. The molecule has 0 aliphatic carbocycles. The van der Waals surface area contributed by atoms with E-state index in [1.165, 1.54) is 0 Å². The molecular weight excluding hydrogens is 662 g/mol. The highest BCUT2D eigenvalue weighted by molar-refractivity contribution is 6.00. The maximum atomic E-state index is 14.1. The first kappa shape index (κ1) is 41.3. The molecule has 0 amide bonds. The van der Waals surface area contributed by atoms with Gasteiger partial charge < -0.3 is 39.0 Å². The minimum atomic E-state index is -1.35. The van der Waals surface area contributed by atoms with Crippen LogP contribution in [-0.4, -0.2) is 126 Å². The van der Waals surface area contributed by atoms with E-state index in [1.54, 1.807) is 20.8 Å². The lowest BCUT2D eigenvalue weighted by Gasteiger charge is -2.45. The number of terminal acetylenes is 1. The Morgan fingerprint density at radius 2 is 1.84 bits per heavy atom. The molecule has 4 fully saturated rings. The third kappa shape index (κ3) is 9.01. The minimum absolute atomic E-state index is 0.0643. The van der Waals surface area contributed by atoms with Crippen LogP contribution in [0.2, 0.25) is 0 Å². The lowest BCUT2D eigenvalue weighted by atomic mass is 9.74. The van der Waals surface area contributed by atoms with Crippen LogP contribution >= 0.6 is 0 Å². The highest BCUT2D eigenvalue weighted by Crippen LogP contribution is 2.44. The van der Waals surface area contributed by atoms with Crippen LogP contribution < -0.4 is 5.32 Å². The number of esters is 1. The van der Waals surface area contributed by atoms with Gasteiger partial charge in [0.2, 0.25) is 0 Å². The largest absolute Gasteiger partial charge is 0.481 e. The number of fused-ring (bicyclic) bond motifs is 6. The third-order valence-electron chi connectivity index (χ3n) is 11.5. The number of nitrogens with zero attached hydrogens (tertiary/aromatic N) is 2. The number of carboxylic acids is 1. The molecule has 14 heteroatoms. The fourth-order valence-corrected chi connectivity index (χ4v) is 8.49. The highest BCUT2D eigenvalue weighted by atomic mass is 17.1. The first-order valence-electron chi connectivity index (χ1n) is 18.3. The molecule has 5 aliphatic rings. The topological polar surface area (TPSA) is 175 Å². The summed E-state index contributed by atoms with van der Waals surface area (Å²) in [4.78, 5) is 49.4. The van der Waals surface area contributed by atoms with Gasteiger partial charge in [-0.25, -0.2) is 4.89 Å². The molecule has 0 saturated carbocycles. The molecule has 14 atom stereocenters. The van der Waals surface area contributed by atoms with E-state index in [-0.39, 0.29) is 35.8 Å². The molecule has 0 aromatic rings. The normalized spacial score (nSPS) is 42.8. The van der Waals surface area contributed by atoms with Crippen LogP contribution in [-0.2, 0) is 43.0 Å². The molecule has 14 nitrogen and oxygen atoms in total. The van der Waals surface area contributed by atoms with Gasteiger partial charge in [0.25, 0.3) is 5.97 Å². The fourth-order valence-electron chi connectivity index (χ4n) is 8.49. The summed E-state index contributed by atoms with van der Waals surface area (Å²) in [5, 5.41) is 21.5. The van der Waals surface area contributed by atoms with Gasteiger partial charge in [0.1, 0.15) is 12.0 Å². The van der Waals surface area contributed by atoms with E-state index in [4.69, 9.17) is 49.9 Å². The van der Waals surface area contributed by atoms with Crippen LogP contribution in [0.3, 0.4) is 0 Å². The molecule has 5 aliphatic heterocycles. The number of Topliss-reactive ketones (excluding diaryl/α,β-unsaturated/α-hetero) is 1. The predicted octanol–water partition coefficient (Wildman–Crippen LogP) is 3.31. The predicted molar refractivity (Wildman–Crippen MR) is 187 cm³/mol. The first-order chi connectivity index (χ1) is 24.0. The fraction of sp³-hybridized carbons (Fsp3) is 0.838. The number of aliphatic imine (C=N–C) groups is 1. The highest BCUT2D eigenvalue weighted by Gasteiger charge is 2.57. The number of carboxylic acid groups (broad SMARTS) is 1. The Labute approximate surface area is 302 Å². The van der Waals surface area contributed by atoms with Crippen molar-refractivity contribution in [3.05, 3.63) is 0 Å². The van der Waals surface area contributed by atoms with E-state index in [2.05, 4.69) is 23.2 Å². The van der Waals surface area contributed by atoms with Gasteiger partial charge in [-0.2, -0.15) is 0 Å². The van der Waals surface area contributed by atoms with Crippen molar-refractivity contribution in [2.24, 2.45) is 28.7 Å². The maximum absolute atomic E-state index is 14.1. The van der Waals surface area contributed by atoms with Gasteiger partial charge in [-0.3, -0.25) is 24.6 Å². The molecule has 0 aromatic heterocycles. The number of rotatable bonds is 7. The first-order valence-corrected chi connectivity index (χ1v) is 18.3. The van der Waals surface area contributed by atoms with Crippen LogP contribution in [0.5, 0.6) is 0 Å². The number of cyclic esters (lactones) is 1. The molecule has 4 bridgehead atoms. The number of carbonyl (C=O) groups excluding carboxylic acids is 2. The Bertz CT molecular complexity index is 1320. The number of ether oxygens (including phenoxy) is 5. The van der Waals surface area contributed by atoms with Crippen LogP contribution in [0.1, 0.15) is 87.5 Å². The minimum Gasteiger partial charge on any atom is -0.481 e. The number of hydrogen-bond acceptors (Lipinski definition) is 13. The molecule has 5 rings (SSSR count). The zero-order valence-corrected chi connectivity index (χ0v) is 31.6. The van der Waals surface area contributed by atoms with Crippen molar-refractivity contribution in [1.82, 2.24) is 10.2 Å². The number of ketones is 1. The molecule has 51 heavy (non-hydrogen) atoms. The number of hydrogen-bond donors (Lipinski definition) is 3. The van der Waals surface area contributed by atoms with Crippen molar-refractivity contribution >= 4 is 23.4 Å². The second-order valence-electron chi connectivity index (χ2n) is 15.4. The van der Waals surface area contributed by atoms with Gasteiger partial charge in [0.15, 0.2) is 23.9 Å². The lowest BCUT2D eigenvalue weighted by Crippen LogP contribution is -2.66. The van der Waals surface area contributed by atoms with Gasteiger partial charge in [0.05, 0.1) is 43.1 Å². The maximum Gasteiger partial charge on any atom is 0.316 e. The number of aliphatic carboxylic acids is 1. The van der Waals surface area contributed by atoms with Crippen LogP contribution in [0, 0.1) is 36.0 Å². The molecule has 0 spiro atoms. The Morgan fingerprint density at radius 3 is 2.43 bits per heavy atom. The monoisotopic (exact) mass is 721 g/mol. The van der Waals surface area contributed by atoms with Gasteiger partial charge in [-0.1, -0.05) is 20.8 Å². The summed E-state index contributed by atoms with van der Waals surface area (Å²) < 4.78 is 31.7.